The predicted molar refractivity (Wildman–Crippen MR) is 95.0 cm³/mol. The fourth-order valence-electron chi connectivity index (χ4n) is 2.21. The second-order valence-corrected chi connectivity index (χ2v) is 8.07. The molecule has 0 bridgehead atoms. The first-order valence-corrected chi connectivity index (χ1v) is 9.06. The summed E-state index contributed by atoms with van der Waals surface area (Å²) in [6.07, 6.45) is 0. The van der Waals surface area contributed by atoms with E-state index in [0.717, 1.165) is 22.5 Å². The van der Waals surface area contributed by atoms with Gasteiger partial charge in [-0.1, -0.05) is 32.9 Å². The van der Waals surface area contributed by atoms with Crippen LogP contribution >= 0.6 is 27.7 Å². The van der Waals surface area contributed by atoms with Gasteiger partial charge in [0.2, 0.25) is 0 Å². The van der Waals surface area contributed by atoms with E-state index in [1.165, 1.54) is 16.2 Å². The number of hydrogen-bond acceptors (Lipinski definition) is 2. The van der Waals surface area contributed by atoms with E-state index in [1.807, 2.05) is 18.7 Å². The maximum absolute atomic E-state index is 4.54. The molecule has 1 aromatic heterocycles. The minimum absolute atomic E-state index is 0.212. The van der Waals surface area contributed by atoms with Gasteiger partial charge in [-0.15, -0.1) is 11.8 Å². The predicted octanol–water partition coefficient (Wildman–Crippen LogP) is 5.56. The molecular weight excluding hydrogens is 344 g/mol. The summed E-state index contributed by atoms with van der Waals surface area (Å²) in [4.78, 5) is 1.30. The van der Waals surface area contributed by atoms with Gasteiger partial charge in [0, 0.05) is 17.2 Å². The van der Waals surface area contributed by atoms with Crippen LogP contribution in [0.3, 0.4) is 0 Å². The molecule has 2 aromatic rings. The lowest BCUT2D eigenvalue weighted by atomic mass is 9.87. The highest BCUT2D eigenvalue weighted by molar-refractivity contribution is 9.10. The van der Waals surface area contributed by atoms with Crippen LogP contribution in [0.2, 0.25) is 0 Å². The molecule has 0 saturated carbocycles. The molecule has 0 radical (unpaired) electrons. The van der Waals surface area contributed by atoms with E-state index in [-0.39, 0.29) is 5.41 Å². The molecular formula is C17H23BrN2S. The lowest BCUT2D eigenvalue weighted by molar-refractivity contribution is 0.590. The molecule has 0 fully saturated rings. The smallest absolute Gasteiger partial charge is 0.0739 e. The van der Waals surface area contributed by atoms with Crippen LogP contribution in [0.4, 0.5) is 0 Å². The van der Waals surface area contributed by atoms with Gasteiger partial charge in [0.25, 0.3) is 0 Å². The molecule has 0 aliphatic heterocycles. The Hall–Kier alpha value is -0.740. The Morgan fingerprint density at radius 3 is 2.33 bits per heavy atom. The Balaban J connectivity index is 2.10. The average Bonchev–Trinajstić information content (AvgIpc) is 2.71. The van der Waals surface area contributed by atoms with Crippen molar-refractivity contribution in [1.29, 1.82) is 0 Å². The van der Waals surface area contributed by atoms with E-state index >= 15 is 0 Å². The van der Waals surface area contributed by atoms with Crippen LogP contribution in [0.15, 0.2) is 33.6 Å². The summed E-state index contributed by atoms with van der Waals surface area (Å²) in [5, 5.41) is 4.54. The summed E-state index contributed by atoms with van der Waals surface area (Å²) >= 11 is 5.52. The van der Waals surface area contributed by atoms with Gasteiger partial charge in [0.1, 0.15) is 0 Å². The Bertz CT molecular complexity index is 609. The van der Waals surface area contributed by atoms with Gasteiger partial charge < -0.3 is 0 Å². The first-order valence-electron chi connectivity index (χ1n) is 7.28. The van der Waals surface area contributed by atoms with Crippen molar-refractivity contribution in [1.82, 2.24) is 9.78 Å². The molecule has 114 valence electrons. The van der Waals surface area contributed by atoms with E-state index in [9.17, 15) is 0 Å². The molecule has 0 spiro atoms. The number of halogens is 1. The van der Waals surface area contributed by atoms with Crippen LogP contribution in [-0.4, -0.2) is 9.78 Å². The monoisotopic (exact) mass is 366 g/mol. The fourth-order valence-corrected chi connectivity index (χ4v) is 3.74. The van der Waals surface area contributed by atoms with E-state index in [4.69, 9.17) is 0 Å². The molecule has 4 heteroatoms. The normalized spacial score (nSPS) is 11.9. The van der Waals surface area contributed by atoms with Crippen molar-refractivity contribution >= 4 is 27.7 Å². The van der Waals surface area contributed by atoms with E-state index in [2.05, 4.69) is 77.7 Å². The Kier molecular flexibility index (Phi) is 5.20. The minimum Gasteiger partial charge on any atom is -0.268 e. The van der Waals surface area contributed by atoms with Crippen LogP contribution in [0.25, 0.3) is 0 Å². The van der Waals surface area contributed by atoms with Crippen LogP contribution in [0, 0.1) is 6.92 Å². The molecule has 0 unspecified atom stereocenters. The molecule has 2 nitrogen and oxygen atoms in total. The molecule has 0 saturated heterocycles. The van der Waals surface area contributed by atoms with Gasteiger partial charge in [-0.3, -0.25) is 4.68 Å². The summed E-state index contributed by atoms with van der Waals surface area (Å²) in [5.74, 6) is 0.935. The molecule has 0 aliphatic carbocycles. The second kappa shape index (κ2) is 6.57. The Labute approximate surface area is 140 Å². The maximum atomic E-state index is 4.54. The van der Waals surface area contributed by atoms with Crippen LogP contribution in [-0.2, 0) is 17.7 Å². The summed E-state index contributed by atoms with van der Waals surface area (Å²) in [6, 6.07) is 8.91. The number of nitrogens with zero attached hydrogens (tertiary/aromatic N) is 2. The highest BCUT2D eigenvalue weighted by atomic mass is 79.9. The van der Waals surface area contributed by atoms with Crippen molar-refractivity contribution < 1.29 is 0 Å². The lowest BCUT2D eigenvalue weighted by Gasteiger charge is -2.19. The van der Waals surface area contributed by atoms with Gasteiger partial charge in [-0.2, -0.15) is 5.10 Å². The van der Waals surface area contributed by atoms with Crippen molar-refractivity contribution in [2.24, 2.45) is 0 Å². The molecule has 21 heavy (non-hydrogen) atoms. The zero-order valence-electron chi connectivity index (χ0n) is 13.4. The van der Waals surface area contributed by atoms with Crippen LogP contribution in [0.1, 0.15) is 44.6 Å². The highest BCUT2D eigenvalue weighted by Gasteiger charge is 2.14. The largest absolute Gasteiger partial charge is 0.268 e. The molecule has 2 rings (SSSR count). The molecule has 1 heterocycles. The van der Waals surface area contributed by atoms with E-state index < -0.39 is 0 Å². The van der Waals surface area contributed by atoms with E-state index in [0.29, 0.717) is 0 Å². The summed E-state index contributed by atoms with van der Waals surface area (Å²) in [6.45, 7) is 11.8. The zero-order chi connectivity index (χ0) is 15.6. The summed E-state index contributed by atoms with van der Waals surface area (Å²) in [7, 11) is 0. The van der Waals surface area contributed by atoms with Crippen molar-refractivity contribution in [2.45, 2.75) is 57.2 Å². The SMILES string of the molecule is CCn1nc(C)c(Br)c1CSc1ccc(C(C)(C)C)cc1. The number of aryl methyl sites for hydroxylation is 2. The fraction of sp³-hybridized carbons (Fsp3) is 0.471. The average molecular weight is 367 g/mol. The first-order chi connectivity index (χ1) is 9.82. The summed E-state index contributed by atoms with van der Waals surface area (Å²) < 4.78 is 3.22. The molecule has 0 amide bonds. The van der Waals surface area contributed by atoms with Gasteiger partial charge >= 0.3 is 0 Å². The number of aromatic nitrogens is 2. The van der Waals surface area contributed by atoms with Crippen molar-refractivity contribution in [3.05, 3.63) is 45.7 Å². The van der Waals surface area contributed by atoms with Gasteiger partial charge in [-0.05, 0) is 52.9 Å². The minimum atomic E-state index is 0.212. The van der Waals surface area contributed by atoms with Crippen molar-refractivity contribution in [3.63, 3.8) is 0 Å². The summed E-state index contributed by atoms with van der Waals surface area (Å²) in [5.41, 5.74) is 3.92. The molecule has 0 atom stereocenters. The van der Waals surface area contributed by atoms with Crippen molar-refractivity contribution in [3.8, 4) is 0 Å². The third-order valence-corrected chi connectivity index (χ3v) is 5.60. The molecule has 1 aromatic carbocycles. The van der Waals surface area contributed by atoms with E-state index in [1.54, 1.807) is 0 Å². The molecule has 0 N–H and O–H groups in total. The number of benzene rings is 1. The topological polar surface area (TPSA) is 17.8 Å². The molecule has 0 aliphatic rings. The van der Waals surface area contributed by atoms with Gasteiger partial charge in [0.05, 0.1) is 15.9 Å². The Morgan fingerprint density at radius 2 is 1.81 bits per heavy atom. The third-order valence-electron chi connectivity index (χ3n) is 3.55. The van der Waals surface area contributed by atoms with Crippen LogP contribution in [0.5, 0.6) is 0 Å². The van der Waals surface area contributed by atoms with Gasteiger partial charge in [-0.25, -0.2) is 0 Å². The first kappa shape index (κ1) is 16.6. The standard InChI is InChI=1S/C17H23BrN2S/c1-6-20-15(16(18)12(2)19-20)11-21-14-9-7-13(8-10-14)17(3,4)5/h7-10H,6,11H2,1-5H3. The zero-order valence-corrected chi connectivity index (χ0v) is 15.8. The second-order valence-electron chi connectivity index (χ2n) is 6.22. The van der Waals surface area contributed by atoms with Gasteiger partial charge in [0.15, 0.2) is 0 Å². The van der Waals surface area contributed by atoms with Crippen LogP contribution < -0.4 is 0 Å². The number of thioether (sulfide) groups is 1. The maximum Gasteiger partial charge on any atom is 0.0739 e. The quantitative estimate of drug-likeness (QED) is 0.658. The lowest BCUT2D eigenvalue weighted by Crippen LogP contribution is -2.10. The highest BCUT2D eigenvalue weighted by Crippen LogP contribution is 2.30. The number of hydrogen-bond donors (Lipinski definition) is 0. The number of rotatable bonds is 4. The van der Waals surface area contributed by atoms with Crippen molar-refractivity contribution in [2.75, 3.05) is 0 Å². The third kappa shape index (κ3) is 3.92. The Morgan fingerprint density at radius 1 is 1.19 bits per heavy atom.